The Morgan fingerprint density at radius 2 is 2.16 bits per heavy atom. The summed E-state index contributed by atoms with van der Waals surface area (Å²) in [5, 5.41) is 18.9. The van der Waals surface area contributed by atoms with E-state index in [1.54, 1.807) is 0 Å². The van der Waals surface area contributed by atoms with Gasteiger partial charge in [0.1, 0.15) is 0 Å². The minimum atomic E-state index is -0.633. The lowest BCUT2D eigenvalue weighted by Gasteiger charge is -2.14. The van der Waals surface area contributed by atoms with Gasteiger partial charge in [-0.3, -0.25) is 9.36 Å². The van der Waals surface area contributed by atoms with Gasteiger partial charge in [-0.1, -0.05) is 11.6 Å². The van der Waals surface area contributed by atoms with Crippen LogP contribution in [0.3, 0.4) is 0 Å². The van der Waals surface area contributed by atoms with Gasteiger partial charge in [0, 0.05) is 42.6 Å². The SMILES string of the molecule is O=c1ccn(C2CC(O)C(CO)C2)c(=O)n1C=CCl. The van der Waals surface area contributed by atoms with Crippen molar-refractivity contribution in [2.45, 2.75) is 25.0 Å². The summed E-state index contributed by atoms with van der Waals surface area (Å²) in [6.07, 6.45) is 2.86. The number of nitrogens with zero attached hydrogens (tertiary/aromatic N) is 2. The third-order valence-electron chi connectivity index (χ3n) is 3.51. The van der Waals surface area contributed by atoms with E-state index in [1.165, 1.54) is 23.0 Å². The second-order valence-electron chi connectivity index (χ2n) is 4.62. The van der Waals surface area contributed by atoms with Gasteiger partial charge in [-0.2, -0.15) is 0 Å². The van der Waals surface area contributed by atoms with Crippen LogP contribution in [0.1, 0.15) is 18.9 Å². The molecule has 1 aromatic heterocycles. The van der Waals surface area contributed by atoms with Crippen LogP contribution < -0.4 is 11.2 Å². The van der Waals surface area contributed by atoms with E-state index >= 15 is 0 Å². The van der Waals surface area contributed by atoms with Crippen molar-refractivity contribution in [1.82, 2.24) is 9.13 Å². The molecular weight excluding hydrogens is 272 g/mol. The third-order valence-corrected chi connectivity index (χ3v) is 3.62. The van der Waals surface area contributed by atoms with Crippen molar-refractivity contribution in [3.63, 3.8) is 0 Å². The highest BCUT2D eigenvalue weighted by molar-refractivity contribution is 6.26. The molecule has 0 amide bonds. The Morgan fingerprint density at radius 1 is 1.42 bits per heavy atom. The lowest BCUT2D eigenvalue weighted by molar-refractivity contribution is 0.0906. The summed E-state index contributed by atoms with van der Waals surface area (Å²) >= 11 is 5.40. The van der Waals surface area contributed by atoms with E-state index < -0.39 is 17.4 Å². The quantitative estimate of drug-likeness (QED) is 0.818. The minimum absolute atomic E-state index is 0.117. The van der Waals surface area contributed by atoms with Gasteiger partial charge in [0.15, 0.2) is 0 Å². The van der Waals surface area contributed by atoms with E-state index in [-0.39, 0.29) is 18.6 Å². The molecule has 2 N–H and O–H groups in total. The van der Waals surface area contributed by atoms with Crippen molar-refractivity contribution in [1.29, 1.82) is 0 Å². The molecular formula is C12H15ClN2O4. The molecule has 0 aliphatic heterocycles. The van der Waals surface area contributed by atoms with Crippen LogP contribution >= 0.6 is 11.6 Å². The van der Waals surface area contributed by atoms with E-state index in [0.29, 0.717) is 12.8 Å². The largest absolute Gasteiger partial charge is 0.396 e. The average Bonchev–Trinajstić information content (AvgIpc) is 2.75. The molecule has 1 aliphatic carbocycles. The van der Waals surface area contributed by atoms with Crippen LogP contribution in [0.15, 0.2) is 27.4 Å². The average molecular weight is 287 g/mol. The van der Waals surface area contributed by atoms with E-state index in [9.17, 15) is 14.7 Å². The summed E-state index contributed by atoms with van der Waals surface area (Å²) in [6.45, 7) is -0.117. The first-order valence-electron chi connectivity index (χ1n) is 5.98. The summed E-state index contributed by atoms with van der Waals surface area (Å²) < 4.78 is 2.31. The highest BCUT2D eigenvalue weighted by atomic mass is 35.5. The Bertz CT molecular complexity index is 592. The second kappa shape index (κ2) is 5.73. The highest BCUT2D eigenvalue weighted by Crippen LogP contribution is 2.33. The van der Waals surface area contributed by atoms with Gasteiger partial charge in [-0.25, -0.2) is 9.36 Å². The predicted octanol–water partition coefficient (Wildman–Crippen LogP) is -0.0187. The van der Waals surface area contributed by atoms with Crippen LogP contribution in [-0.4, -0.2) is 32.1 Å². The molecule has 104 valence electrons. The topological polar surface area (TPSA) is 84.5 Å². The van der Waals surface area contributed by atoms with E-state index in [1.807, 2.05) is 0 Å². The summed E-state index contributed by atoms with van der Waals surface area (Å²) in [5.41, 5.74) is 0.128. The Hall–Kier alpha value is -1.37. The molecule has 1 saturated carbocycles. The Morgan fingerprint density at radius 3 is 2.74 bits per heavy atom. The zero-order valence-electron chi connectivity index (χ0n) is 10.1. The molecule has 0 spiro atoms. The van der Waals surface area contributed by atoms with Gasteiger partial charge >= 0.3 is 5.69 Å². The van der Waals surface area contributed by atoms with Gasteiger partial charge in [-0.05, 0) is 12.8 Å². The molecule has 1 aromatic rings. The molecule has 0 radical (unpaired) electrons. The third kappa shape index (κ3) is 2.65. The van der Waals surface area contributed by atoms with E-state index in [2.05, 4.69) is 0 Å². The fourth-order valence-electron chi connectivity index (χ4n) is 2.48. The lowest BCUT2D eigenvalue weighted by atomic mass is 10.1. The summed E-state index contributed by atoms with van der Waals surface area (Å²) in [5.74, 6) is -0.235. The van der Waals surface area contributed by atoms with Crippen LogP contribution in [0.5, 0.6) is 0 Å². The molecule has 2 rings (SSSR count). The summed E-state index contributed by atoms with van der Waals surface area (Å²) in [4.78, 5) is 23.7. The van der Waals surface area contributed by atoms with E-state index in [4.69, 9.17) is 16.7 Å². The smallest absolute Gasteiger partial charge is 0.335 e. The zero-order valence-corrected chi connectivity index (χ0v) is 10.9. The number of halogens is 1. The highest BCUT2D eigenvalue weighted by Gasteiger charge is 2.34. The normalized spacial score (nSPS) is 27.2. The Kier molecular flexibility index (Phi) is 4.24. The van der Waals surface area contributed by atoms with Crippen molar-refractivity contribution in [2.75, 3.05) is 6.61 Å². The van der Waals surface area contributed by atoms with Crippen molar-refractivity contribution in [2.24, 2.45) is 5.92 Å². The van der Waals surface area contributed by atoms with Gasteiger partial charge in [0.2, 0.25) is 0 Å². The molecule has 1 heterocycles. The Balaban J connectivity index is 2.40. The monoisotopic (exact) mass is 286 g/mol. The predicted molar refractivity (Wildman–Crippen MR) is 71.0 cm³/mol. The first-order chi connectivity index (χ1) is 9.08. The number of aliphatic hydroxyl groups is 2. The van der Waals surface area contributed by atoms with Crippen LogP contribution in [-0.2, 0) is 0 Å². The molecule has 7 heteroatoms. The first kappa shape index (κ1) is 14.0. The molecule has 3 unspecified atom stereocenters. The van der Waals surface area contributed by atoms with Crippen LogP contribution in [0.2, 0.25) is 0 Å². The summed E-state index contributed by atoms with van der Waals surface area (Å²) in [6, 6.07) is 1.05. The first-order valence-corrected chi connectivity index (χ1v) is 6.41. The maximum Gasteiger partial charge on any atom is 0.335 e. The van der Waals surface area contributed by atoms with Gasteiger partial charge in [0.25, 0.3) is 5.56 Å². The zero-order chi connectivity index (χ0) is 14.0. The standard InChI is InChI=1S/C12H15ClN2O4/c13-2-4-15-11(18)1-3-14(12(15)19)9-5-8(7-16)10(17)6-9/h1-4,8-10,16-17H,5-7H2. The van der Waals surface area contributed by atoms with Crippen molar-refractivity contribution >= 4 is 17.8 Å². The minimum Gasteiger partial charge on any atom is -0.396 e. The van der Waals surface area contributed by atoms with Crippen molar-refractivity contribution < 1.29 is 10.2 Å². The molecule has 0 saturated heterocycles. The molecule has 0 bridgehead atoms. The number of rotatable bonds is 3. The van der Waals surface area contributed by atoms with Gasteiger partial charge in [0.05, 0.1) is 6.10 Å². The Labute approximate surface area is 114 Å². The molecule has 6 nitrogen and oxygen atoms in total. The molecule has 19 heavy (non-hydrogen) atoms. The van der Waals surface area contributed by atoms with Crippen LogP contribution in [0.4, 0.5) is 0 Å². The maximum absolute atomic E-state index is 12.1. The number of aliphatic hydroxyl groups excluding tert-OH is 2. The van der Waals surface area contributed by atoms with E-state index in [0.717, 1.165) is 10.1 Å². The summed E-state index contributed by atoms with van der Waals surface area (Å²) in [7, 11) is 0. The fraction of sp³-hybridized carbons (Fsp3) is 0.500. The van der Waals surface area contributed by atoms with Crippen LogP contribution in [0, 0.1) is 5.92 Å². The van der Waals surface area contributed by atoms with Crippen molar-refractivity contribution in [3.05, 3.63) is 38.6 Å². The maximum atomic E-state index is 12.1. The lowest BCUT2D eigenvalue weighted by Crippen LogP contribution is -2.37. The number of hydrogen-bond acceptors (Lipinski definition) is 4. The molecule has 0 aromatic carbocycles. The molecule has 1 aliphatic rings. The molecule has 3 atom stereocenters. The van der Waals surface area contributed by atoms with Gasteiger partial charge in [-0.15, -0.1) is 0 Å². The fourth-order valence-corrected chi connectivity index (χ4v) is 2.59. The molecule has 1 fully saturated rings. The number of hydrogen-bond donors (Lipinski definition) is 2. The van der Waals surface area contributed by atoms with Crippen molar-refractivity contribution in [3.8, 4) is 0 Å². The van der Waals surface area contributed by atoms with Gasteiger partial charge < -0.3 is 10.2 Å². The van der Waals surface area contributed by atoms with Crippen LogP contribution in [0.25, 0.3) is 6.20 Å². The second-order valence-corrected chi connectivity index (χ2v) is 4.88. The number of aromatic nitrogens is 2.